The third-order valence-electron chi connectivity index (χ3n) is 6.44. The van der Waals surface area contributed by atoms with E-state index in [1.165, 1.54) is 17.4 Å². The molecule has 2 unspecified atom stereocenters. The summed E-state index contributed by atoms with van der Waals surface area (Å²) in [7, 11) is 0. The molecule has 4 bridgehead atoms. The number of carbonyl (C=O) groups is 1. The van der Waals surface area contributed by atoms with E-state index in [0.717, 1.165) is 37.8 Å². The van der Waals surface area contributed by atoms with Gasteiger partial charge in [0.25, 0.3) is 5.56 Å². The van der Waals surface area contributed by atoms with Gasteiger partial charge in [0.1, 0.15) is 6.61 Å². The number of carbonyl (C=O) groups excluding carboxylic acids is 1. The van der Waals surface area contributed by atoms with Gasteiger partial charge in [-0.1, -0.05) is 0 Å². The van der Waals surface area contributed by atoms with E-state index in [9.17, 15) is 14.7 Å². The summed E-state index contributed by atoms with van der Waals surface area (Å²) in [6.07, 6.45) is 4.94. The predicted molar refractivity (Wildman–Crippen MR) is 95.9 cm³/mol. The summed E-state index contributed by atoms with van der Waals surface area (Å²) in [6, 6.07) is 1.44. The van der Waals surface area contributed by atoms with Crippen molar-refractivity contribution in [3.05, 3.63) is 33.2 Å². The van der Waals surface area contributed by atoms with Gasteiger partial charge in [-0.2, -0.15) is 0 Å². The fourth-order valence-electron chi connectivity index (χ4n) is 5.92. The third-order valence-corrected chi connectivity index (χ3v) is 7.39. The van der Waals surface area contributed by atoms with E-state index >= 15 is 0 Å². The monoisotopic (exact) mass is 374 g/mol. The van der Waals surface area contributed by atoms with Crippen molar-refractivity contribution in [3.63, 3.8) is 0 Å². The van der Waals surface area contributed by atoms with Crippen LogP contribution in [-0.4, -0.2) is 26.1 Å². The number of hydrogen-bond acceptors (Lipinski definition) is 6. The molecule has 6 nitrogen and oxygen atoms in total. The Morgan fingerprint density at radius 2 is 2.12 bits per heavy atom. The number of aromatic nitrogens is 2. The molecule has 26 heavy (non-hydrogen) atoms. The van der Waals surface area contributed by atoms with Gasteiger partial charge in [-0.3, -0.25) is 14.0 Å². The zero-order valence-electron chi connectivity index (χ0n) is 14.7. The summed E-state index contributed by atoms with van der Waals surface area (Å²) in [5, 5.41) is 12.7. The first-order chi connectivity index (χ1) is 12.4. The summed E-state index contributed by atoms with van der Waals surface area (Å²) >= 11 is 1.40. The maximum Gasteiger partial charge on any atom is 0.312 e. The molecule has 0 radical (unpaired) electrons. The van der Waals surface area contributed by atoms with Gasteiger partial charge in [-0.25, -0.2) is 4.98 Å². The molecule has 2 aromatic heterocycles. The van der Waals surface area contributed by atoms with Crippen LogP contribution in [0.4, 0.5) is 0 Å². The molecule has 2 heterocycles. The molecule has 4 aliphatic carbocycles. The highest BCUT2D eigenvalue weighted by atomic mass is 32.1. The predicted octanol–water partition coefficient (Wildman–Crippen LogP) is 2.44. The van der Waals surface area contributed by atoms with E-state index in [1.54, 1.807) is 4.40 Å². The number of thiazole rings is 1. The Kier molecular flexibility index (Phi) is 3.41. The molecule has 0 aliphatic heterocycles. The van der Waals surface area contributed by atoms with Crippen molar-refractivity contribution in [1.82, 2.24) is 9.38 Å². The topological polar surface area (TPSA) is 80.9 Å². The van der Waals surface area contributed by atoms with Crippen LogP contribution in [0.1, 0.15) is 49.9 Å². The molecule has 0 amide bonds. The van der Waals surface area contributed by atoms with Crippen molar-refractivity contribution >= 4 is 22.3 Å². The van der Waals surface area contributed by atoms with Crippen LogP contribution in [0.2, 0.25) is 0 Å². The molecule has 4 fully saturated rings. The fraction of sp³-hybridized carbons (Fsp3) is 0.632. The Hall–Kier alpha value is -1.73. The quantitative estimate of drug-likeness (QED) is 0.835. The molecule has 4 saturated carbocycles. The SMILES string of the molecule is Cc1csc2nc(COC(=O)C34C[C@@H]5C[C@@H](CC(O)(C5)C3)C4)cc(=O)n12. The Labute approximate surface area is 154 Å². The minimum atomic E-state index is -0.687. The van der Waals surface area contributed by atoms with Crippen LogP contribution in [-0.2, 0) is 16.1 Å². The molecule has 4 atom stereocenters. The molecule has 6 rings (SSSR count). The number of nitrogens with zero attached hydrogens (tertiary/aromatic N) is 2. The Morgan fingerprint density at radius 3 is 2.81 bits per heavy atom. The first kappa shape index (κ1) is 16.4. The molecule has 0 saturated heterocycles. The number of ether oxygens (including phenoxy) is 1. The molecule has 138 valence electrons. The van der Waals surface area contributed by atoms with Crippen LogP contribution in [0, 0.1) is 24.2 Å². The van der Waals surface area contributed by atoms with Gasteiger partial charge in [0, 0.05) is 17.1 Å². The lowest BCUT2D eigenvalue weighted by atomic mass is 9.48. The first-order valence-corrected chi connectivity index (χ1v) is 10.1. The second kappa shape index (κ2) is 5.39. The molecular weight excluding hydrogens is 352 g/mol. The van der Waals surface area contributed by atoms with Crippen LogP contribution >= 0.6 is 11.3 Å². The van der Waals surface area contributed by atoms with Gasteiger partial charge in [0.05, 0.1) is 16.7 Å². The lowest BCUT2D eigenvalue weighted by Crippen LogP contribution is -2.58. The van der Waals surface area contributed by atoms with Gasteiger partial charge in [0.15, 0.2) is 4.96 Å². The average Bonchev–Trinajstić information content (AvgIpc) is 2.92. The van der Waals surface area contributed by atoms with Crippen molar-refractivity contribution in [2.75, 3.05) is 0 Å². The number of aliphatic hydroxyl groups is 1. The van der Waals surface area contributed by atoms with Crippen molar-refractivity contribution in [1.29, 1.82) is 0 Å². The lowest BCUT2D eigenvalue weighted by Gasteiger charge is -2.58. The summed E-state index contributed by atoms with van der Waals surface area (Å²) in [5.74, 6) is 0.637. The largest absolute Gasteiger partial charge is 0.459 e. The number of hydrogen-bond donors (Lipinski definition) is 1. The summed E-state index contributed by atoms with van der Waals surface area (Å²) < 4.78 is 7.17. The highest BCUT2D eigenvalue weighted by Gasteiger charge is 2.60. The second-order valence-electron chi connectivity index (χ2n) is 8.62. The van der Waals surface area contributed by atoms with E-state index < -0.39 is 11.0 Å². The molecular formula is C19H22N2O4S. The molecule has 0 spiro atoms. The van der Waals surface area contributed by atoms with Crippen molar-refractivity contribution in [3.8, 4) is 0 Å². The molecule has 4 aliphatic rings. The first-order valence-electron chi connectivity index (χ1n) is 9.22. The second-order valence-corrected chi connectivity index (χ2v) is 9.46. The average molecular weight is 374 g/mol. The van der Waals surface area contributed by atoms with Crippen molar-refractivity contribution < 1.29 is 14.6 Å². The molecule has 2 aromatic rings. The minimum absolute atomic E-state index is 0.0109. The normalized spacial score (nSPS) is 35.2. The fourth-order valence-corrected chi connectivity index (χ4v) is 6.81. The molecule has 0 aromatic carbocycles. The third kappa shape index (κ3) is 2.44. The van der Waals surface area contributed by atoms with Gasteiger partial charge in [-0.05, 0) is 57.3 Å². The van der Waals surface area contributed by atoms with E-state index in [-0.39, 0.29) is 18.1 Å². The molecule has 7 heteroatoms. The Bertz CT molecular complexity index is 948. The minimum Gasteiger partial charge on any atom is -0.459 e. The standard InChI is InChI=1S/C19H22N2O4S/c1-11-9-26-17-20-14(3-15(22)21(11)17)8-25-16(23)18-4-12-2-13(5-18)7-19(24,6-12)10-18/h3,9,12-13,24H,2,4-8,10H2,1H3/t12-,13+,18?,19?. The van der Waals surface area contributed by atoms with E-state index in [0.29, 0.717) is 28.9 Å². The number of fused-ring (bicyclic) bond motifs is 1. The molecule has 1 N–H and O–H groups in total. The maximum atomic E-state index is 12.9. The van der Waals surface area contributed by atoms with Crippen LogP contribution in [0.5, 0.6) is 0 Å². The van der Waals surface area contributed by atoms with E-state index in [4.69, 9.17) is 4.74 Å². The van der Waals surface area contributed by atoms with Crippen LogP contribution in [0.25, 0.3) is 4.96 Å². The Morgan fingerprint density at radius 1 is 1.38 bits per heavy atom. The Balaban J connectivity index is 1.36. The van der Waals surface area contributed by atoms with Crippen LogP contribution in [0.3, 0.4) is 0 Å². The highest BCUT2D eigenvalue weighted by molar-refractivity contribution is 7.15. The lowest BCUT2D eigenvalue weighted by molar-refractivity contribution is -0.197. The van der Waals surface area contributed by atoms with Crippen LogP contribution < -0.4 is 5.56 Å². The van der Waals surface area contributed by atoms with Gasteiger partial charge < -0.3 is 9.84 Å². The van der Waals surface area contributed by atoms with E-state index in [1.807, 2.05) is 12.3 Å². The summed E-state index contributed by atoms with van der Waals surface area (Å²) in [4.78, 5) is 30.2. The highest BCUT2D eigenvalue weighted by Crippen LogP contribution is 2.62. The van der Waals surface area contributed by atoms with Gasteiger partial charge >= 0.3 is 5.97 Å². The zero-order chi connectivity index (χ0) is 18.1. The van der Waals surface area contributed by atoms with Crippen molar-refractivity contribution in [2.24, 2.45) is 17.3 Å². The number of aryl methyl sites for hydroxylation is 1. The summed E-state index contributed by atoms with van der Waals surface area (Å²) in [6.45, 7) is 1.88. The van der Waals surface area contributed by atoms with Gasteiger partial charge in [0.2, 0.25) is 0 Å². The van der Waals surface area contributed by atoms with Gasteiger partial charge in [-0.15, -0.1) is 11.3 Å². The number of esters is 1. The van der Waals surface area contributed by atoms with Crippen molar-refractivity contribution in [2.45, 2.75) is 57.7 Å². The number of rotatable bonds is 3. The smallest absolute Gasteiger partial charge is 0.312 e. The zero-order valence-corrected chi connectivity index (χ0v) is 15.6. The summed E-state index contributed by atoms with van der Waals surface area (Å²) in [5.41, 5.74) is -0.0455. The maximum absolute atomic E-state index is 12.9. The van der Waals surface area contributed by atoms with Crippen LogP contribution in [0.15, 0.2) is 16.2 Å². The van der Waals surface area contributed by atoms with E-state index in [2.05, 4.69) is 4.98 Å².